The second-order valence-corrected chi connectivity index (χ2v) is 6.34. The Balaban J connectivity index is 1.77. The van der Waals surface area contributed by atoms with Crippen LogP contribution in [-0.2, 0) is 4.79 Å². The smallest absolute Gasteiger partial charge is 0.336 e. The molecule has 6 nitrogen and oxygen atoms in total. The molecule has 2 heterocycles. The van der Waals surface area contributed by atoms with Crippen molar-refractivity contribution >= 4 is 33.2 Å². The van der Waals surface area contributed by atoms with Crippen LogP contribution in [0.3, 0.4) is 0 Å². The maximum absolute atomic E-state index is 12.0. The number of thiophene rings is 1. The summed E-state index contributed by atoms with van der Waals surface area (Å²) in [5, 5.41) is 14.6. The molecule has 126 valence electrons. The standard InChI is InChI=1S/C18H14N2O4S/c1-10-7-16(22)24-17-11(2)14(4-3-13(10)17)23-9-15(21)20-18-12(8-19)5-6-25-18/h3-7H,9H2,1-2H3,(H,20,21). The number of rotatable bonds is 4. The molecule has 1 N–H and O–H groups in total. The highest BCUT2D eigenvalue weighted by Crippen LogP contribution is 2.28. The van der Waals surface area contributed by atoms with Gasteiger partial charge in [-0.1, -0.05) is 0 Å². The molecular formula is C18H14N2O4S. The highest BCUT2D eigenvalue weighted by molar-refractivity contribution is 7.14. The Hall–Kier alpha value is -3.11. The number of hydrogen-bond donors (Lipinski definition) is 1. The Bertz CT molecular complexity index is 1060. The lowest BCUT2D eigenvalue weighted by Crippen LogP contribution is -2.20. The first kappa shape index (κ1) is 16.7. The van der Waals surface area contributed by atoms with E-state index in [1.807, 2.05) is 13.0 Å². The molecule has 0 radical (unpaired) electrons. The van der Waals surface area contributed by atoms with Gasteiger partial charge in [-0.15, -0.1) is 11.3 Å². The van der Waals surface area contributed by atoms with Crippen LogP contribution in [0.1, 0.15) is 16.7 Å². The number of aryl methyl sites for hydroxylation is 2. The zero-order chi connectivity index (χ0) is 18.0. The third kappa shape index (κ3) is 3.39. The van der Waals surface area contributed by atoms with Crippen LogP contribution in [0.15, 0.2) is 38.9 Å². The minimum Gasteiger partial charge on any atom is -0.483 e. The summed E-state index contributed by atoms with van der Waals surface area (Å²) in [5.41, 5.74) is 1.91. The van der Waals surface area contributed by atoms with Gasteiger partial charge in [0.05, 0.1) is 5.56 Å². The van der Waals surface area contributed by atoms with Gasteiger partial charge in [-0.3, -0.25) is 4.79 Å². The molecule has 0 spiro atoms. The predicted molar refractivity (Wildman–Crippen MR) is 95.1 cm³/mol. The van der Waals surface area contributed by atoms with Crippen LogP contribution in [-0.4, -0.2) is 12.5 Å². The fourth-order valence-electron chi connectivity index (χ4n) is 2.46. The Kier molecular flexibility index (Phi) is 4.55. The molecule has 7 heteroatoms. The van der Waals surface area contributed by atoms with Crippen LogP contribution < -0.4 is 15.7 Å². The monoisotopic (exact) mass is 354 g/mol. The van der Waals surface area contributed by atoms with Gasteiger partial charge in [0, 0.05) is 17.0 Å². The quantitative estimate of drug-likeness (QED) is 0.725. The third-order valence-corrected chi connectivity index (χ3v) is 4.55. The second-order valence-electron chi connectivity index (χ2n) is 5.43. The minimum absolute atomic E-state index is 0.217. The maximum Gasteiger partial charge on any atom is 0.336 e. The summed E-state index contributed by atoms with van der Waals surface area (Å²) in [6.45, 7) is 3.39. The van der Waals surface area contributed by atoms with E-state index in [-0.39, 0.29) is 12.5 Å². The zero-order valence-corrected chi connectivity index (χ0v) is 14.4. The average Bonchev–Trinajstić information content (AvgIpc) is 3.02. The number of benzene rings is 1. The van der Waals surface area contributed by atoms with Crippen molar-refractivity contribution in [1.82, 2.24) is 0 Å². The van der Waals surface area contributed by atoms with Crippen LogP contribution in [0.5, 0.6) is 5.75 Å². The summed E-state index contributed by atoms with van der Waals surface area (Å²) >= 11 is 1.27. The lowest BCUT2D eigenvalue weighted by Gasteiger charge is -2.11. The molecule has 0 atom stereocenters. The molecular weight excluding hydrogens is 340 g/mol. The van der Waals surface area contributed by atoms with E-state index in [4.69, 9.17) is 14.4 Å². The number of nitriles is 1. The van der Waals surface area contributed by atoms with Gasteiger partial charge in [-0.2, -0.15) is 5.26 Å². The molecule has 2 aromatic heterocycles. The van der Waals surface area contributed by atoms with Crippen LogP contribution in [0.25, 0.3) is 11.0 Å². The van der Waals surface area contributed by atoms with Crippen molar-refractivity contribution in [3.05, 3.63) is 56.8 Å². The van der Waals surface area contributed by atoms with Crippen LogP contribution in [0.2, 0.25) is 0 Å². The van der Waals surface area contributed by atoms with E-state index >= 15 is 0 Å². The van der Waals surface area contributed by atoms with Crippen molar-refractivity contribution in [2.75, 3.05) is 11.9 Å². The number of hydrogen-bond acceptors (Lipinski definition) is 6. The van der Waals surface area contributed by atoms with Gasteiger partial charge < -0.3 is 14.5 Å². The maximum atomic E-state index is 12.0. The van der Waals surface area contributed by atoms with E-state index in [0.29, 0.717) is 27.5 Å². The first-order valence-corrected chi connectivity index (χ1v) is 8.32. The van der Waals surface area contributed by atoms with Crippen molar-refractivity contribution in [2.24, 2.45) is 0 Å². The van der Waals surface area contributed by atoms with Gasteiger partial charge in [0.25, 0.3) is 5.91 Å². The SMILES string of the molecule is Cc1cc(=O)oc2c(C)c(OCC(=O)Nc3sccc3C#N)ccc12. The van der Waals surface area contributed by atoms with Gasteiger partial charge in [0.15, 0.2) is 6.61 Å². The Labute approximate surface area is 147 Å². The van der Waals surface area contributed by atoms with Gasteiger partial charge >= 0.3 is 5.63 Å². The minimum atomic E-state index is -0.426. The predicted octanol–water partition coefficient (Wildman–Crippen LogP) is 3.36. The largest absolute Gasteiger partial charge is 0.483 e. The highest BCUT2D eigenvalue weighted by atomic mass is 32.1. The van der Waals surface area contributed by atoms with Crippen LogP contribution in [0, 0.1) is 25.2 Å². The first-order valence-electron chi connectivity index (χ1n) is 7.44. The highest BCUT2D eigenvalue weighted by Gasteiger charge is 2.13. The lowest BCUT2D eigenvalue weighted by molar-refractivity contribution is -0.118. The molecule has 3 aromatic rings. The van der Waals surface area contributed by atoms with E-state index < -0.39 is 5.63 Å². The van der Waals surface area contributed by atoms with Gasteiger partial charge in [-0.25, -0.2) is 4.79 Å². The third-order valence-electron chi connectivity index (χ3n) is 3.72. The molecule has 3 rings (SSSR count). The van der Waals surface area contributed by atoms with Crippen molar-refractivity contribution < 1.29 is 13.9 Å². The van der Waals surface area contributed by atoms with E-state index in [1.165, 1.54) is 17.4 Å². The van der Waals surface area contributed by atoms with Crippen molar-refractivity contribution in [2.45, 2.75) is 13.8 Å². The van der Waals surface area contributed by atoms with Gasteiger partial charge in [0.1, 0.15) is 22.4 Å². The van der Waals surface area contributed by atoms with Crippen molar-refractivity contribution in [3.63, 3.8) is 0 Å². The van der Waals surface area contributed by atoms with E-state index in [0.717, 1.165) is 10.9 Å². The summed E-state index contributed by atoms with van der Waals surface area (Å²) in [5.74, 6) is 0.0900. The molecule has 0 saturated carbocycles. The van der Waals surface area contributed by atoms with Crippen LogP contribution >= 0.6 is 11.3 Å². The number of fused-ring (bicyclic) bond motifs is 1. The second kappa shape index (κ2) is 6.79. The Morgan fingerprint density at radius 1 is 1.36 bits per heavy atom. The molecule has 0 bridgehead atoms. The van der Waals surface area contributed by atoms with Crippen molar-refractivity contribution in [1.29, 1.82) is 5.26 Å². The van der Waals surface area contributed by atoms with Gasteiger partial charge in [-0.05, 0) is 43.0 Å². The fraction of sp³-hybridized carbons (Fsp3) is 0.167. The van der Waals surface area contributed by atoms with Crippen molar-refractivity contribution in [3.8, 4) is 11.8 Å². The Morgan fingerprint density at radius 2 is 2.16 bits per heavy atom. The summed E-state index contributed by atoms with van der Waals surface area (Å²) in [6.07, 6.45) is 0. The molecule has 0 aliphatic carbocycles. The normalized spacial score (nSPS) is 10.4. The summed E-state index contributed by atoms with van der Waals surface area (Å²) < 4.78 is 10.8. The molecule has 0 aliphatic heterocycles. The molecule has 1 amide bonds. The van der Waals surface area contributed by atoms with Gasteiger partial charge in [0.2, 0.25) is 0 Å². The molecule has 0 unspecified atom stereocenters. The zero-order valence-electron chi connectivity index (χ0n) is 13.6. The van der Waals surface area contributed by atoms with E-state index in [2.05, 4.69) is 5.32 Å². The number of anilines is 1. The average molecular weight is 354 g/mol. The van der Waals surface area contributed by atoms with E-state index in [1.54, 1.807) is 30.5 Å². The lowest BCUT2D eigenvalue weighted by atomic mass is 10.1. The number of nitrogens with one attached hydrogen (secondary N) is 1. The molecule has 1 aromatic carbocycles. The number of amides is 1. The fourth-order valence-corrected chi connectivity index (χ4v) is 3.21. The topological polar surface area (TPSA) is 92.3 Å². The Morgan fingerprint density at radius 3 is 2.92 bits per heavy atom. The molecule has 0 saturated heterocycles. The van der Waals surface area contributed by atoms with Crippen LogP contribution in [0.4, 0.5) is 5.00 Å². The summed E-state index contributed by atoms with van der Waals surface area (Å²) in [7, 11) is 0. The summed E-state index contributed by atoms with van der Waals surface area (Å²) in [4.78, 5) is 23.6. The first-order chi connectivity index (χ1) is 12.0. The molecule has 0 fully saturated rings. The number of ether oxygens (including phenoxy) is 1. The number of carbonyl (C=O) groups excluding carboxylic acids is 1. The number of nitrogens with zero attached hydrogens (tertiary/aromatic N) is 1. The number of carbonyl (C=O) groups is 1. The molecule has 25 heavy (non-hydrogen) atoms. The molecule has 0 aliphatic rings. The summed E-state index contributed by atoms with van der Waals surface area (Å²) in [6, 6.07) is 8.61. The van der Waals surface area contributed by atoms with E-state index in [9.17, 15) is 9.59 Å².